The van der Waals surface area contributed by atoms with Gasteiger partial charge in [0.25, 0.3) is 0 Å². The molecule has 0 fully saturated rings. The molecule has 0 amide bonds. The third-order valence-electron chi connectivity index (χ3n) is 6.92. The predicted octanol–water partition coefficient (Wildman–Crippen LogP) is 11.6. The fourth-order valence-corrected chi connectivity index (χ4v) is 4.62. The Morgan fingerprint density at radius 2 is 0.733 bits per heavy atom. The molecule has 0 aromatic rings. The molecular formula is C30H60. The number of hydrogen-bond acceptors (Lipinski definition) is 0. The van der Waals surface area contributed by atoms with E-state index in [4.69, 9.17) is 0 Å². The molecule has 30 heavy (non-hydrogen) atoms. The Kier molecular flexibility index (Phi) is 26.5. The largest absolute Gasteiger partial charge is 0.0885 e. The van der Waals surface area contributed by atoms with E-state index in [1.54, 1.807) is 0 Å². The van der Waals surface area contributed by atoms with Gasteiger partial charge in [-0.25, -0.2) is 0 Å². The summed E-state index contributed by atoms with van der Waals surface area (Å²) in [4.78, 5) is 0. The highest BCUT2D eigenvalue weighted by Gasteiger charge is 2.05. The number of allylic oxidation sites excluding steroid dienone is 2. The van der Waals surface area contributed by atoms with Crippen molar-refractivity contribution in [3.05, 3.63) is 12.2 Å². The summed E-state index contributed by atoms with van der Waals surface area (Å²) in [6, 6.07) is 0. The second-order valence-electron chi connectivity index (χ2n) is 9.91. The molecule has 0 aromatic carbocycles. The standard InChI is InChI=1S/C30H60/c1-4-7-9-11-13-15-17-18-19-21-23-25-27-29-30(6-3)28-26-24-22-20-16-14-12-10-8-5-2/h17-18,30H,4-16,19-29H2,1-3H3/b18-17+. The smallest absolute Gasteiger partial charge is 0.0351 e. The topological polar surface area (TPSA) is 0 Å². The zero-order valence-corrected chi connectivity index (χ0v) is 21.7. The molecular weight excluding hydrogens is 360 g/mol. The molecule has 0 bridgehead atoms. The van der Waals surface area contributed by atoms with Gasteiger partial charge in [-0.3, -0.25) is 0 Å². The minimum atomic E-state index is 1.01. The number of hydrogen-bond donors (Lipinski definition) is 0. The highest BCUT2D eigenvalue weighted by atomic mass is 14.1. The molecule has 1 unspecified atom stereocenters. The van der Waals surface area contributed by atoms with Crippen LogP contribution in [0.4, 0.5) is 0 Å². The molecule has 180 valence electrons. The quantitative estimate of drug-likeness (QED) is 0.102. The van der Waals surface area contributed by atoms with E-state index in [1.807, 2.05) is 0 Å². The highest BCUT2D eigenvalue weighted by Crippen LogP contribution is 2.21. The van der Waals surface area contributed by atoms with Gasteiger partial charge in [-0.2, -0.15) is 0 Å². The van der Waals surface area contributed by atoms with Crippen molar-refractivity contribution in [3.63, 3.8) is 0 Å². The zero-order valence-electron chi connectivity index (χ0n) is 21.7. The maximum absolute atomic E-state index is 2.44. The fourth-order valence-electron chi connectivity index (χ4n) is 4.62. The van der Waals surface area contributed by atoms with Crippen LogP contribution < -0.4 is 0 Å². The van der Waals surface area contributed by atoms with Gasteiger partial charge >= 0.3 is 0 Å². The molecule has 0 heteroatoms. The molecule has 0 N–H and O–H groups in total. The van der Waals surface area contributed by atoms with Crippen molar-refractivity contribution in [2.45, 2.75) is 175 Å². The second-order valence-corrected chi connectivity index (χ2v) is 9.91. The Hall–Kier alpha value is -0.260. The molecule has 0 rings (SSSR count). The molecule has 0 aliphatic carbocycles. The van der Waals surface area contributed by atoms with Gasteiger partial charge in [0.05, 0.1) is 0 Å². The van der Waals surface area contributed by atoms with Gasteiger partial charge in [-0.1, -0.05) is 161 Å². The van der Waals surface area contributed by atoms with Gasteiger partial charge in [0.1, 0.15) is 0 Å². The number of rotatable bonds is 25. The first-order valence-electron chi connectivity index (χ1n) is 14.5. The molecule has 0 saturated heterocycles. The second kappa shape index (κ2) is 26.8. The Morgan fingerprint density at radius 1 is 0.400 bits per heavy atom. The van der Waals surface area contributed by atoms with Crippen LogP contribution in [-0.4, -0.2) is 0 Å². The molecule has 0 aliphatic rings. The Labute approximate surface area is 193 Å². The van der Waals surface area contributed by atoms with E-state index < -0.39 is 0 Å². The minimum absolute atomic E-state index is 1.01. The van der Waals surface area contributed by atoms with E-state index >= 15 is 0 Å². The van der Waals surface area contributed by atoms with Gasteiger partial charge in [0.15, 0.2) is 0 Å². The van der Waals surface area contributed by atoms with Crippen LogP contribution in [0.3, 0.4) is 0 Å². The van der Waals surface area contributed by atoms with Gasteiger partial charge in [0, 0.05) is 0 Å². The van der Waals surface area contributed by atoms with Crippen molar-refractivity contribution in [2.75, 3.05) is 0 Å². The van der Waals surface area contributed by atoms with E-state index in [1.165, 1.54) is 154 Å². The summed E-state index contributed by atoms with van der Waals surface area (Å²) in [5.74, 6) is 1.01. The van der Waals surface area contributed by atoms with Crippen LogP contribution in [0.1, 0.15) is 175 Å². The van der Waals surface area contributed by atoms with Crippen molar-refractivity contribution in [3.8, 4) is 0 Å². The third kappa shape index (κ3) is 24.0. The molecule has 1 atom stereocenters. The van der Waals surface area contributed by atoms with Crippen LogP contribution in [-0.2, 0) is 0 Å². The lowest BCUT2D eigenvalue weighted by Crippen LogP contribution is -1.99. The highest BCUT2D eigenvalue weighted by molar-refractivity contribution is 4.81. The molecule has 0 heterocycles. The average Bonchev–Trinajstić information content (AvgIpc) is 2.76. The molecule has 0 aromatic heterocycles. The summed E-state index contributed by atoms with van der Waals surface area (Å²) >= 11 is 0. The Morgan fingerprint density at radius 3 is 1.10 bits per heavy atom. The predicted molar refractivity (Wildman–Crippen MR) is 140 cm³/mol. The van der Waals surface area contributed by atoms with Crippen LogP contribution in [0, 0.1) is 5.92 Å². The van der Waals surface area contributed by atoms with Crippen LogP contribution >= 0.6 is 0 Å². The summed E-state index contributed by atoms with van der Waals surface area (Å²) < 4.78 is 0. The van der Waals surface area contributed by atoms with E-state index in [0.717, 1.165) is 5.92 Å². The van der Waals surface area contributed by atoms with Gasteiger partial charge in [-0.15, -0.1) is 0 Å². The molecule has 0 spiro atoms. The van der Waals surface area contributed by atoms with Crippen molar-refractivity contribution in [2.24, 2.45) is 5.92 Å². The lowest BCUT2D eigenvalue weighted by molar-refractivity contribution is 0.393. The minimum Gasteiger partial charge on any atom is -0.0885 e. The lowest BCUT2D eigenvalue weighted by atomic mass is 9.92. The number of unbranched alkanes of at least 4 members (excludes halogenated alkanes) is 18. The summed E-state index contributed by atoms with van der Waals surface area (Å²) in [7, 11) is 0. The maximum atomic E-state index is 2.44. The van der Waals surface area contributed by atoms with Gasteiger partial charge in [0.2, 0.25) is 0 Å². The summed E-state index contributed by atoms with van der Waals surface area (Å²) in [6.07, 6.45) is 39.3. The van der Waals surface area contributed by atoms with Gasteiger partial charge < -0.3 is 0 Å². The molecule has 0 saturated carbocycles. The normalized spacial score (nSPS) is 12.8. The van der Waals surface area contributed by atoms with Gasteiger partial charge in [-0.05, 0) is 31.6 Å². The first-order chi connectivity index (χ1) is 14.8. The van der Waals surface area contributed by atoms with Crippen LogP contribution in [0.2, 0.25) is 0 Å². The van der Waals surface area contributed by atoms with Crippen molar-refractivity contribution < 1.29 is 0 Å². The van der Waals surface area contributed by atoms with E-state index in [0.29, 0.717) is 0 Å². The summed E-state index contributed by atoms with van der Waals surface area (Å²) in [6.45, 7) is 7.01. The first-order valence-corrected chi connectivity index (χ1v) is 14.5. The fraction of sp³-hybridized carbons (Fsp3) is 0.933. The average molecular weight is 421 g/mol. The zero-order chi connectivity index (χ0) is 22.0. The molecule has 0 nitrogen and oxygen atoms in total. The van der Waals surface area contributed by atoms with E-state index in [-0.39, 0.29) is 0 Å². The first kappa shape index (κ1) is 29.7. The van der Waals surface area contributed by atoms with Crippen molar-refractivity contribution in [1.29, 1.82) is 0 Å². The van der Waals surface area contributed by atoms with Crippen LogP contribution in [0.25, 0.3) is 0 Å². The summed E-state index contributed by atoms with van der Waals surface area (Å²) in [5.41, 5.74) is 0. The molecule has 0 aliphatic heterocycles. The SMILES string of the molecule is CCCCCCC/C=C/CCCCCCC(CC)CCCCCCCCCCCC. The maximum Gasteiger partial charge on any atom is -0.0351 e. The summed E-state index contributed by atoms with van der Waals surface area (Å²) in [5, 5.41) is 0. The van der Waals surface area contributed by atoms with E-state index in [2.05, 4.69) is 32.9 Å². The Bertz CT molecular complexity index is 316. The van der Waals surface area contributed by atoms with Crippen LogP contribution in [0.5, 0.6) is 0 Å². The third-order valence-corrected chi connectivity index (χ3v) is 6.92. The van der Waals surface area contributed by atoms with Crippen LogP contribution in [0.15, 0.2) is 12.2 Å². The van der Waals surface area contributed by atoms with Crippen molar-refractivity contribution in [1.82, 2.24) is 0 Å². The van der Waals surface area contributed by atoms with E-state index in [9.17, 15) is 0 Å². The van der Waals surface area contributed by atoms with Crippen molar-refractivity contribution >= 4 is 0 Å². The Balaban J connectivity index is 3.33. The monoisotopic (exact) mass is 420 g/mol. The lowest BCUT2D eigenvalue weighted by Gasteiger charge is -2.14. The molecule has 0 radical (unpaired) electrons.